The Kier molecular flexibility index (Phi) is 3.63. The van der Waals surface area contributed by atoms with Gasteiger partial charge in [-0.2, -0.15) is 0 Å². The van der Waals surface area contributed by atoms with Gasteiger partial charge in [0.15, 0.2) is 5.78 Å². The molecule has 0 aromatic carbocycles. The van der Waals surface area contributed by atoms with Crippen molar-refractivity contribution in [3.63, 3.8) is 0 Å². The zero-order valence-electron chi connectivity index (χ0n) is 11.4. The van der Waals surface area contributed by atoms with E-state index in [-0.39, 0.29) is 17.7 Å². The van der Waals surface area contributed by atoms with Gasteiger partial charge in [0.2, 0.25) is 0 Å². The van der Waals surface area contributed by atoms with Crippen molar-refractivity contribution in [2.24, 2.45) is 5.73 Å². The number of Topliss-reactive ketones (excluding diaryl/α,β-unsaturated/α-hetero) is 1. The van der Waals surface area contributed by atoms with Crippen LogP contribution < -0.4 is 5.73 Å². The van der Waals surface area contributed by atoms with E-state index in [9.17, 15) is 4.79 Å². The number of hydrogen-bond donors (Lipinski definition) is 1. The molecule has 104 valence electrons. The van der Waals surface area contributed by atoms with Gasteiger partial charge in [-0.05, 0) is 37.8 Å². The number of hydrogen-bond acceptors (Lipinski definition) is 5. The van der Waals surface area contributed by atoms with Crippen LogP contribution in [-0.2, 0) is 6.42 Å². The number of thiazole rings is 1. The second-order valence-electron chi connectivity index (χ2n) is 5.22. The van der Waals surface area contributed by atoms with Gasteiger partial charge in [0, 0.05) is 11.6 Å². The van der Waals surface area contributed by atoms with Gasteiger partial charge in [-0.25, -0.2) is 4.98 Å². The van der Waals surface area contributed by atoms with Crippen LogP contribution in [0, 0.1) is 0 Å². The van der Waals surface area contributed by atoms with E-state index < -0.39 is 0 Å². The maximum atomic E-state index is 12.7. The van der Waals surface area contributed by atoms with Crippen LogP contribution in [0.25, 0.3) is 0 Å². The minimum Gasteiger partial charge on any atom is -0.322 e. The van der Waals surface area contributed by atoms with Crippen molar-refractivity contribution in [2.75, 3.05) is 0 Å². The molecule has 5 heteroatoms. The average Bonchev–Trinajstić information content (AvgIpc) is 2.96. The molecule has 0 saturated heterocycles. The molecular formula is C15H17N3OS. The molecular weight excluding hydrogens is 270 g/mol. The molecule has 0 bridgehead atoms. The molecule has 1 aliphatic rings. The van der Waals surface area contributed by atoms with Crippen LogP contribution in [0.2, 0.25) is 0 Å². The lowest BCUT2D eigenvalue weighted by Crippen LogP contribution is -2.20. The zero-order valence-corrected chi connectivity index (χ0v) is 12.2. The molecule has 3 rings (SSSR count). The second kappa shape index (κ2) is 5.42. The number of aryl methyl sites for hydroxylation is 1. The van der Waals surface area contributed by atoms with Gasteiger partial charge in [-0.15, -0.1) is 11.3 Å². The molecule has 0 spiro atoms. The first kappa shape index (κ1) is 13.4. The molecule has 2 unspecified atom stereocenters. The molecule has 0 radical (unpaired) electrons. The predicted molar refractivity (Wildman–Crippen MR) is 79.0 cm³/mol. The standard InChI is InChI=1S/C15H17N3OS/c1-9(16)15-18-12(8-20-15)14(19)11-6-2-4-10-5-3-7-17-13(10)11/h3,5,7-9,11H,2,4,6,16H2,1H3. The zero-order chi connectivity index (χ0) is 14.1. The number of carbonyl (C=O) groups excluding carboxylic acids is 1. The lowest BCUT2D eigenvalue weighted by molar-refractivity contribution is 0.0944. The van der Waals surface area contributed by atoms with E-state index in [0.29, 0.717) is 5.69 Å². The van der Waals surface area contributed by atoms with Crippen LogP contribution in [0.1, 0.15) is 58.5 Å². The van der Waals surface area contributed by atoms with E-state index in [2.05, 4.69) is 16.0 Å². The molecule has 1 aliphatic carbocycles. The Morgan fingerprint density at radius 3 is 3.15 bits per heavy atom. The number of pyridine rings is 1. The Bertz CT molecular complexity index is 636. The highest BCUT2D eigenvalue weighted by Crippen LogP contribution is 2.33. The summed E-state index contributed by atoms with van der Waals surface area (Å²) in [6.07, 6.45) is 4.65. The van der Waals surface area contributed by atoms with E-state index in [1.54, 1.807) is 6.20 Å². The molecule has 2 aromatic rings. The number of nitrogens with two attached hydrogens (primary N) is 1. The van der Waals surface area contributed by atoms with Crippen molar-refractivity contribution in [1.82, 2.24) is 9.97 Å². The van der Waals surface area contributed by atoms with Gasteiger partial charge in [0.25, 0.3) is 0 Å². The summed E-state index contributed by atoms with van der Waals surface area (Å²) in [5.41, 5.74) is 8.46. The molecule has 0 amide bonds. The largest absolute Gasteiger partial charge is 0.322 e. The maximum Gasteiger partial charge on any atom is 0.191 e. The van der Waals surface area contributed by atoms with Crippen molar-refractivity contribution in [3.8, 4) is 0 Å². The highest BCUT2D eigenvalue weighted by molar-refractivity contribution is 7.09. The summed E-state index contributed by atoms with van der Waals surface area (Å²) in [7, 11) is 0. The lowest BCUT2D eigenvalue weighted by atomic mass is 9.83. The smallest absolute Gasteiger partial charge is 0.191 e. The first-order valence-electron chi connectivity index (χ1n) is 6.86. The number of nitrogens with zero attached hydrogens (tertiary/aromatic N) is 2. The summed E-state index contributed by atoms with van der Waals surface area (Å²) in [6, 6.07) is 3.87. The molecule has 20 heavy (non-hydrogen) atoms. The number of carbonyl (C=O) groups is 1. The maximum absolute atomic E-state index is 12.7. The molecule has 2 aromatic heterocycles. The van der Waals surface area contributed by atoms with Gasteiger partial charge in [0.05, 0.1) is 17.7 Å². The van der Waals surface area contributed by atoms with E-state index in [0.717, 1.165) is 30.0 Å². The minimum atomic E-state index is -0.150. The first-order valence-corrected chi connectivity index (χ1v) is 7.74. The van der Waals surface area contributed by atoms with Gasteiger partial charge < -0.3 is 5.73 Å². The Morgan fingerprint density at radius 2 is 2.40 bits per heavy atom. The highest BCUT2D eigenvalue weighted by Gasteiger charge is 2.29. The highest BCUT2D eigenvalue weighted by atomic mass is 32.1. The van der Waals surface area contributed by atoms with Crippen LogP contribution in [0.3, 0.4) is 0 Å². The molecule has 0 saturated carbocycles. The van der Waals surface area contributed by atoms with E-state index in [1.807, 2.05) is 18.4 Å². The van der Waals surface area contributed by atoms with Gasteiger partial charge in [-0.1, -0.05) is 6.07 Å². The quantitative estimate of drug-likeness (QED) is 0.881. The summed E-state index contributed by atoms with van der Waals surface area (Å²) in [6.45, 7) is 1.88. The van der Waals surface area contributed by atoms with Crippen molar-refractivity contribution in [3.05, 3.63) is 45.7 Å². The van der Waals surface area contributed by atoms with Crippen LogP contribution in [-0.4, -0.2) is 15.8 Å². The van der Waals surface area contributed by atoms with Crippen LogP contribution in [0.4, 0.5) is 0 Å². The number of ketones is 1. The molecule has 2 N–H and O–H groups in total. The third-order valence-electron chi connectivity index (χ3n) is 3.68. The minimum absolute atomic E-state index is 0.0767. The van der Waals surface area contributed by atoms with Gasteiger partial charge >= 0.3 is 0 Å². The van der Waals surface area contributed by atoms with E-state index in [1.165, 1.54) is 16.9 Å². The van der Waals surface area contributed by atoms with Gasteiger partial charge in [0.1, 0.15) is 10.7 Å². The number of fused-ring (bicyclic) bond motifs is 1. The van der Waals surface area contributed by atoms with Crippen molar-refractivity contribution in [1.29, 1.82) is 0 Å². The topological polar surface area (TPSA) is 68.9 Å². The molecule has 0 aliphatic heterocycles. The lowest BCUT2D eigenvalue weighted by Gasteiger charge is -2.22. The Labute approximate surface area is 122 Å². The van der Waals surface area contributed by atoms with Crippen LogP contribution >= 0.6 is 11.3 Å². The monoisotopic (exact) mass is 287 g/mol. The van der Waals surface area contributed by atoms with Crippen molar-refractivity contribution >= 4 is 17.1 Å². The molecule has 2 heterocycles. The molecule has 0 fully saturated rings. The summed E-state index contributed by atoms with van der Waals surface area (Å²) in [5.74, 6) is -0.0734. The number of aromatic nitrogens is 2. The fraction of sp³-hybridized carbons (Fsp3) is 0.400. The average molecular weight is 287 g/mol. The third kappa shape index (κ3) is 2.39. The Morgan fingerprint density at radius 1 is 1.55 bits per heavy atom. The molecule has 4 nitrogen and oxygen atoms in total. The fourth-order valence-corrected chi connectivity index (χ4v) is 3.42. The summed E-state index contributed by atoms with van der Waals surface area (Å²) >= 11 is 1.45. The van der Waals surface area contributed by atoms with Crippen LogP contribution in [0.15, 0.2) is 23.7 Å². The summed E-state index contributed by atoms with van der Waals surface area (Å²) < 4.78 is 0. The normalized spacial score (nSPS) is 19.4. The van der Waals surface area contributed by atoms with Crippen molar-refractivity contribution < 1.29 is 4.79 Å². The summed E-state index contributed by atoms with van der Waals surface area (Å²) in [5, 5.41) is 2.63. The Hall–Kier alpha value is -1.59. The second-order valence-corrected chi connectivity index (χ2v) is 6.11. The SMILES string of the molecule is CC(N)c1nc(C(=O)C2CCCc3cccnc32)cs1. The summed E-state index contributed by atoms with van der Waals surface area (Å²) in [4.78, 5) is 21.5. The van der Waals surface area contributed by atoms with Crippen LogP contribution in [0.5, 0.6) is 0 Å². The number of rotatable bonds is 3. The Balaban J connectivity index is 1.91. The van der Waals surface area contributed by atoms with E-state index >= 15 is 0 Å². The molecule has 2 atom stereocenters. The third-order valence-corrected chi connectivity index (χ3v) is 4.72. The van der Waals surface area contributed by atoms with Gasteiger partial charge in [-0.3, -0.25) is 9.78 Å². The first-order chi connectivity index (χ1) is 9.66. The predicted octanol–water partition coefficient (Wildman–Crippen LogP) is 2.86. The van der Waals surface area contributed by atoms with Crippen molar-refractivity contribution in [2.45, 2.75) is 38.1 Å². The van der Waals surface area contributed by atoms with E-state index in [4.69, 9.17) is 5.73 Å². The fourth-order valence-electron chi connectivity index (χ4n) is 2.65.